The number of hydrogen-bond donors (Lipinski definition) is 1. The van der Waals surface area contributed by atoms with Crippen LogP contribution in [0.3, 0.4) is 0 Å². The van der Waals surface area contributed by atoms with Gasteiger partial charge in [0.15, 0.2) is 0 Å². The minimum atomic E-state index is -0.392. The van der Waals surface area contributed by atoms with Gasteiger partial charge in [0, 0.05) is 15.6 Å². The van der Waals surface area contributed by atoms with E-state index in [0.717, 1.165) is 10.4 Å². The second-order valence-corrected chi connectivity index (χ2v) is 7.45. The van der Waals surface area contributed by atoms with Gasteiger partial charge in [-0.1, -0.05) is 23.7 Å². The average molecular weight is 399 g/mol. The highest BCUT2D eigenvalue weighted by atomic mass is 35.5. The van der Waals surface area contributed by atoms with E-state index in [9.17, 15) is 9.59 Å². The summed E-state index contributed by atoms with van der Waals surface area (Å²) in [6.45, 7) is 1.98. The predicted octanol–water partition coefficient (Wildman–Crippen LogP) is 4.70. The van der Waals surface area contributed by atoms with Gasteiger partial charge in [-0.25, -0.2) is 0 Å². The van der Waals surface area contributed by atoms with Gasteiger partial charge in [0.2, 0.25) is 0 Å². The molecule has 0 saturated carbocycles. The fourth-order valence-electron chi connectivity index (χ4n) is 2.86. The number of amides is 2. The fraction of sp³-hybridized carbons (Fsp3) is 0.100. The van der Waals surface area contributed by atoms with Crippen molar-refractivity contribution < 1.29 is 14.0 Å². The van der Waals surface area contributed by atoms with E-state index in [2.05, 4.69) is 5.32 Å². The molecule has 3 aromatic rings. The molecule has 27 heavy (non-hydrogen) atoms. The Balaban J connectivity index is 1.72. The third-order valence-electron chi connectivity index (χ3n) is 4.27. The number of rotatable bonds is 5. The number of aryl methyl sites for hydroxylation is 1. The minimum absolute atomic E-state index is 0.0827. The third-order valence-corrected chi connectivity index (χ3v) is 5.57. The standard InChI is InChI=1S/C20H15ClN2O3S/c1-12-6-7-13(10-15(12)21)22-18-17(16-5-3-9-27-16)19(24)23(20(18)25)11-14-4-2-8-26-14/h2-10,22H,11H2,1H3. The Kier molecular flexibility index (Phi) is 4.59. The summed E-state index contributed by atoms with van der Waals surface area (Å²) in [4.78, 5) is 27.9. The summed E-state index contributed by atoms with van der Waals surface area (Å²) >= 11 is 7.60. The zero-order valence-corrected chi connectivity index (χ0v) is 15.9. The van der Waals surface area contributed by atoms with E-state index in [4.69, 9.17) is 16.0 Å². The Morgan fingerprint density at radius 1 is 1.15 bits per heavy atom. The first-order valence-electron chi connectivity index (χ1n) is 8.24. The topological polar surface area (TPSA) is 62.6 Å². The van der Waals surface area contributed by atoms with Crippen molar-refractivity contribution in [2.45, 2.75) is 13.5 Å². The van der Waals surface area contributed by atoms with Crippen LogP contribution in [-0.2, 0) is 16.1 Å². The zero-order valence-electron chi connectivity index (χ0n) is 14.4. The van der Waals surface area contributed by atoms with Crippen molar-refractivity contribution in [1.29, 1.82) is 0 Å². The number of thiophene rings is 1. The number of carbonyl (C=O) groups is 2. The molecule has 1 aromatic carbocycles. The van der Waals surface area contributed by atoms with E-state index in [1.165, 1.54) is 22.5 Å². The van der Waals surface area contributed by atoms with Crippen molar-refractivity contribution in [1.82, 2.24) is 4.90 Å². The highest BCUT2D eigenvalue weighted by Gasteiger charge is 2.40. The SMILES string of the molecule is Cc1ccc(NC2=C(c3cccs3)C(=O)N(Cc3ccco3)C2=O)cc1Cl. The van der Waals surface area contributed by atoms with E-state index in [1.807, 2.05) is 36.6 Å². The molecule has 136 valence electrons. The minimum Gasteiger partial charge on any atom is -0.467 e. The molecule has 0 fully saturated rings. The number of anilines is 1. The molecule has 3 heterocycles. The van der Waals surface area contributed by atoms with Crippen molar-refractivity contribution in [2.75, 3.05) is 5.32 Å². The van der Waals surface area contributed by atoms with Gasteiger partial charge in [0.1, 0.15) is 11.5 Å². The maximum Gasteiger partial charge on any atom is 0.278 e. The number of furan rings is 1. The van der Waals surface area contributed by atoms with Crippen LogP contribution in [0.15, 0.2) is 64.2 Å². The summed E-state index contributed by atoms with van der Waals surface area (Å²) in [5.74, 6) is -0.196. The summed E-state index contributed by atoms with van der Waals surface area (Å²) in [6.07, 6.45) is 1.52. The summed E-state index contributed by atoms with van der Waals surface area (Å²) in [5, 5.41) is 5.55. The molecule has 0 spiro atoms. The maximum atomic E-state index is 13.0. The quantitative estimate of drug-likeness (QED) is 0.633. The second-order valence-electron chi connectivity index (χ2n) is 6.09. The predicted molar refractivity (Wildman–Crippen MR) is 105 cm³/mol. The van der Waals surface area contributed by atoms with Crippen molar-refractivity contribution >= 4 is 46.0 Å². The van der Waals surface area contributed by atoms with Gasteiger partial charge in [-0.05, 0) is 48.2 Å². The normalized spacial score (nSPS) is 14.4. The number of nitrogens with one attached hydrogen (secondary N) is 1. The molecule has 1 N–H and O–H groups in total. The highest BCUT2D eigenvalue weighted by Crippen LogP contribution is 2.34. The molecule has 1 aliphatic rings. The van der Waals surface area contributed by atoms with Crippen LogP contribution < -0.4 is 5.32 Å². The van der Waals surface area contributed by atoms with Crippen LogP contribution in [0, 0.1) is 6.92 Å². The third kappa shape index (κ3) is 3.29. The lowest BCUT2D eigenvalue weighted by Gasteiger charge is -2.13. The first-order chi connectivity index (χ1) is 13.0. The lowest BCUT2D eigenvalue weighted by atomic mass is 10.1. The van der Waals surface area contributed by atoms with Crippen LogP contribution in [0.5, 0.6) is 0 Å². The smallest absolute Gasteiger partial charge is 0.278 e. The molecule has 7 heteroatoms. The number of carbonyl (C=O) groups excluding carboxylic acids is 2. The van der Waals surface area contributed by atoms with Crippen LogP contribution in [0.25, 0.3) is 5.57 Å². The van der Waals surface area contributed by atoms with Gasteiger partial charge >= 0.3 is 0 Å². The van der Waals surface area contributed by atoms with Gasteiger partial charge in [-0.3, -0.25) is 14.5 Å². The summed E-state index contributed by atoms with van der Waals surface area (Å²) < 4.78 is 5.30. The molecule has 4 rings (SSSR count). The largest absolute Gasteiger partial charge is 0.467 e. The van der Waals surface area contributed by atoms with E-state index >= 15 is 0 Å². The lowest BCUT2D eigenvalue weighted by molar-refractivity contribution is -0.137. The maximum absolute atomic E-state index is 13.0. The number of benzene rings is 1. The van der Waals surface area contributed by atoms with Crippen LogP contribution >= 0.6 is 22.9 Å². The van der Waals surface area contributed by atoms with Crippen molar-refractivity contribution in [2.24, 2.45) is 0 Å². The Morgan fingerprint density at radius 2 is 2.00 bits per heavy atom. The van der Waals surface area contributed by atoms with E-state index in [0.29, 0.717) is 22.0 Å². The monoisotopic (exact) mass is 398 g/mol. The van der Waals surface area contributed by atoms with Crippen molar-refractivity contribution in [3.8, 4) is 0 Å². The molecular weight excluding hydrogens is 384 g/mol. The molecule has 1 aliphatic heterocycles. The fourth-order valence-corrected chi connectivity index (χ4v) is 3.81. The number of halogens is 1. The Labute approximate surface area is 164 Å². The lowest BCUT2D eigenvalue weighted by Crippen LogP contribution is -2.31. The van der Waals surface area contributed by atoms with Crippen LogP contribution in [-0.4, -0.2) is 16.7 Å². The molecular formula is C20H15ClN2O3S. The van der Waals surface area contributed by atoms with Gasteiger partial charge in [-0.15, -0.1) is 11.3 Å². The van der Waals surface area contributed by atoms with Crippen molar-refractivity contribution in [3.63, 3.8) is 0 Å². The second kappa shape index (κ2) is 7.06. The first-order valence-corrected chi connectivity index (χ1v) is 9.50. The van der Waals surface area contributed by atoms with Crippen LogP contribution in [0.2, 0.25) is 5.02 Å². The Hall–Kier alpha value is -2.83. The first kappa shape index (κ1) is 17.6. The molecule has 0 saturated heterocycles. The van der Waals surface area contributed by atoms with E-state index in [1.54, 1.807) is 18.2 Å². The summed E-state index contributed by atoms with van der Waals surface area (Å²) in [6, 6.07) is 12.6. The van der Waals surface area contributed by atoms with Gasteiger partial charge in [0.25, 0.3) is 11.8 Å². The van der Waals surface area contributed by atoms with Gasteiger partial charge in [0.05, 0.1) is 18.4 Å². The Bertz CT molecular complexity index is 1040. The number of nitrogens with zero attached hydrogens (tertiary/aromatic N) is 1. The van der Waals surface area contributed by atoms with E-state index < -0.39 is 5.91 Å². The number of hydrogen-bond acceptors (Lipinski definition) is 5. The molecule has 2 aromatic heterocycles. The molecule has 2 amide bonds. The summed E-state index contributed by atoms with van der Waals surface area (Å²) in [5.41, 5.74) is 2.19. The molecule has 0 bridgehead atoms. The van der Waals surface area contributed by atoms with Crippen LogP contribution in [0.1, 0.15) is 16.2 Å². The molecule has 5 nitrogen and oxygen atoms in total. The highest BCUT2D eigenvalue weighted by molar-refractivity contribution is 7.11. The average Bonchev–Trinajstić information content (AvgIpc) is 3.38. The van der Waals surface area contributed by atoms with Gasteiger partial charge in [-0.2, -0.15) is 0 Å². The molecule has 0 radical (unpaired) electrons. The van der Waals surface area contributed by atoms with Gasteiger partial charge < -0.3 is 9.73 Å². The molecule has 0 aliphatic carbocycles. The zero-order chi connectivity index (χ0) is 19.0. The summed E-state index contributed by atoms with van der Waals surface area (Å²) in [7, 11) is 0. The Morgan fingerprint density at radius 3 is 2.67 bits per heavy atom. The van der Waals surface area contributed by atoms with Crippen LogP contribution in [0.4, 0.5) is 5.69 Å². The molecule has 0 atom stereocenters. The van der Waals surface area contributed by atoms with Crippen molar-refractivity contribution in [3.05, 3.63) is 81.0 Å². The molecule has 0 unspecified atom stereocenters. The van der Waals surface area contributed by atoms with E-state index in [-0.39, 0.29) is 18.1 Å². The number of imide groups is 1.